The van der Waals surface area contributed by atoms with Gasteiger partial charge in [0.15, 0.2) is 0 Å². The number of fused-ring (bicyclic) bond motifs is 2. The van der Waals surface area contributed by atoms with E-state index >= 15 is 0 Å². The van der Waals surface area contributed by atoms with Gasteiger partial charge in [-0.05, 0) is 29.7 Å². The van der Waals surface area contributed by atoms with Gasteiger partial charge in [0.05, 0.1) is 15.8 Å². The standard InChI is InChI=1S/C16H10FN3OS/c17-10-5-3-6-11-14(10)15(19-20(11)16(18)21)13-8-9-4-1-2-7-12(9)22-13/h1-8H,(H2,18,21). The Kier molecular flexibility index (Phi) is 2.74. The zero-order valence-corrected chi connectivity index (χ0v) is 12.1. The number of nitrogens with two attached hydrogens (primary N) is 1. The molecule has 2 aromatic heterocycles. The molecule has 1 amide bonds. The summed E-state index contributed by atoms with van der Waals surface area (Å²) in [5, 5.41) is 5.60. The van der Waals surface area contributed by atoms with Crippen LogP contribution in [0.5, 0.6) is 0 Å². The third kappa shape index (κ3) is 1.81. The molecule has 2 aromatic carbocycles. The van der Waals surface area contributed by atoms with Crippen LogP contribution in [0, 0.1) is 5.82 Å². The molecule has 0 spiro atoms. The van der Waals surface area contributed by atoms with Crippen LogP contribution in [-0.2, 0) is 0 Å². The number of hydrogen-bond acceptors (Lipinski definition) is 3. The monoisotopic (exact) mass is 311 g/mol. The topological polar surface area (TPSA) is 60.9 Å². The van der Waals surface area contributed by atoms with E-state index in [0.29, 0.717) is 16.6 Å². The summed E-state index contributed by atoms with van der Waals surface area (Å²) < 4.78 is 16.4. The van der Waals surface area contributed by atoms with Crippen LogP contribution in [-0.4, -0.2) is 15.8 Å². The molecule has 0 aliphatic carbocycles. The lowest BCUT2D eigenvalue weighted by atomic mass is 10.1. The molecular formula is C16H10FN3OS. The van der Waals surface area contributed by atoms with Crippen LogP contribution in [0.2, 0.25) is 0 Å². The largest absolute Gasteiger partial charge is 0.350 e. The number of hydrogen-bond donors (Lipinski definition) is 1. The molecule has 0 saturated carbocycles. The summed E-state index contributed by atoms with van der Waals surface area (Å²) in [6.45, 7) is 0. The number of thiophene rings is 1. The van der Waals surface area contributed by atoms with Gasteiger partial charge in [0, 0.05) is 4.70 Å². The highest BCUT2D eigenvalue weighted by Crippen LogP contribution is 2.37. The fourth-order valence-corrected chi connectivity index (χ4v) is 3.62. The normalized spacial score (nSPS) is 11.3. The first-order chi connectivity index (χ1) is 10.6. The van der Waals surface area contributed by atoms with Crippen molar-refractivity contribution in [3.05, 3.63) is 54.3 Å². The minimum Gasteiger partial charge on any atom is -0.350 e. The summed E-state index contributed by atoms with van der Waals surface area (Å²) >= 11 is 1.50. The summed E-state index contributed by atoms with van der Waals surface area (Å²) in [6, 6.07) is 13.6. The first-order valence-corrected chi connectivity index (χ1v) is 7.43. The highest BCUT2D eigenvalue weighted by atomic mass is 32.1. The van der Waals surface area contributed by atoms with Gasteiger partial charge in [-0.15, -0.1) is 11.3 Å². The van der Waals surface area contributed by atoms with E-state index in [1.54, 1.807) is 6.07 Å². The zero-order chi connectivity index (χ0) is 15.3. The smallest absolute Gasteiger partial charge is 0.340 e. The average Bonchev–Trinajstić information content (AvgIpc) is 3.08. The van der Waals surface area contributed by atoms with Crippen LogP contribution in [0.4, 0.5) is 9.18 Å². The number of primary amides is 1. The van der Waals surface area contributed by atoms with Crippen LogP contribution in [0.25, 0.3) is 31.6 Å². The number of carbonyl (C=O) groups is 1. The molecule has 4 rings (SSSR count). The van der Waals surface area contributed by atoms with Crippen molar-refractivity contribution in [2.75, 3.05) is 0 Å². The molecule has 108 valence electrons. The lowest BCUT2D eigenvalue weighted by Crippen LogP contribution is -2.20. The Morgan fingerprint density at radius 3 is 2.77 bits per heavy atom. The number of benzene rings is 2. The van der Waals surface area contributed by atoms with Crippen LogP contribution in [0.1, 0.15) is 0 Å². The molecule has 6 heteroatoms. The van der Waals surface area contributed by atoms with Crippen molar-refractivity contribution in [2.24, 2.45) is 5.73 Å². The molecule has 0 saturated heterocycles. The lowest BCUT2D eigenvalue weighted by molar-refractivity contribution is 0.248. The summed E-state index contributed by atoms with van der Waals surface area (Å²) in [5.74, 6) is -0.419. The molecule has 22 heavy (non-hydrogen) atoms. The van der Waals surface area contributed by atoms with Gasteiger partial charge in [-0.2, -0.15) is 9.78 Å². The third-order valence-corrected chi connectivity index (χ3v) is 4.65. The Morgan fingerprint density at radius 1 is 1.18 bits per heavy atom. The van der Waals surface area contributed by atoms with E-state index in [9.17, 15) is 9.18 Å². The molecule has 0 atom stereocenters. The minimum absolute atomic E-state index is 0.313. The van der Waals surface area contributed by atoms with Crippen LogP contribution in [0.15, 0.2) is 48.5 Å². The highest BCUT2D eigenvalue weighted by Gasteiger charge is 2.19. The molecule has 0 fully saturated rings. The van der Waals surface area contributed by atoms with Crippen molar-refractivity contribution >= 4 is 38.4 Å². The first kappa shape index (κ1) is 13.0. The lowest BCUT2D eigenvalue weighted by Gasteiger charge is -1.95. The van der Waals surface area contributed by atoms with Crippen LogP contribution < -0.4 is 5.73 Å². The molecule has 4 aromatic rings. The zero-order valence-electron chi connectivity index (χ0n) is 11.3. The molecule has 2 heterocycles. The summed E-state index contributed by atoms with van der Waals surface area (Å²) in [7, 11) is 0. The van der Waals surface area contributed by atoms with E-state index < -0.39 is 11.8 Å². The SMILES string of the molecule is NC(=O)n1nc(-c2cc3ccccc3s2)c2c(F)cccc21. The number of amides is 1. The van der Waals surface area contributed by atoms with Crippen molar-refractivity contribution in [1.82, 2.24) is 9.78 Å². The highest BCUT2D eigenvalue weighted by molar-refractivity contribution is 7.22. The molecule has 0 aliphatic rings. The molecule has 0 bridgehead atoms. The third-order valence-electron chi connectivity index (χ3n) is 3.52. The molecule has 0 aliphatic heterocycles. The van der Waals surface area contributed by atoms with Gasteiger partial charge < -0.3 is 5.73 Å². The molecular weight excluding hydrogens is 301 g/mol. The van der Waals surface area contributed by atoms with E-state index in [4.69, 9.17) is 5.73 Å². The molecule has 4 nitrogen and oxygen atoms in total. The molecule has 0 radical (unpaired) electrons. The molecule has 0 unspecified atom stereocenters. The van der Waals surface area contributed by atoms with Gasteiger partial charge in [-0.1, -0.05) is 24.3 Å². The van der Waals surface area contributed by atoms with E-state index in [0.717, 1.165) is 19.6 Å². The number of nitrogens with zero attached hydrogens (tertiary/aromatic N) is 2. The van der Waals surface area contributed by atoms with Crippen molar-refractivity contribution in [3.8, 4) is 10.6 Å². The van der Waals surface area contributed by atoms with Gasteiger partial charge in [0.25, 0.3) is 0 Å². The second kappa shape index (κ2) is 4.64. The van der Waals surface area contributed by atoms with E-state index in [1.807, 2.05) is 30.3 Å². The first-order valence-electron chi connectivity index (χ1n) is 6.61. The van der Waals surface area contributed by atoms with Crippen molar-refractivity contribution < 1.29 is 9.18 Å². The number of carbonyl (C=O) groups excluding carboxylic acids is 1. The Morgan fingerprint density at radius 2 is 2.00 bits per heavy atom. The van der Waals surface area contributed by atoms with Gasteiger partial charge in [-0.3, -0.25) is 0 Å². The Balaban J connectivity index is 2.07. The van der Waals surface area contributed by atoms with Crippen molar-refractivity contribution in [1.29, 1.82) is 0 Å². The quantitative estimate of drug-likeness (QED) is 0.578. The second-order valence-corrected chi connectivity index (χ2v) is 5.96. The number of aromatic nitrogens is 2. The van der Waals surface area contributed by atoms with Crippen molar-refractivity contribution in [3.63, 3.8) is 0 Å². The van der Waals surface area contributed by atoms with Gasteiger partial charge in [0.2, 0.25) is 0 Å². The summed E-state index contributed by atoms with van der Waals surface area (Å²) in [6.07, 6.45) is 0. The summed E-state index contributed by atoms with van der Waals surface area (Å²) in [4.78, 5) is 12.3. The van der Waals surface area contributed by atoms with E-state index in [1.165, 1.54) is 23.5 Å². The van der Waals surface area contributed by atoms with Crippen LogP contribution in [0.3, 0.4) is 0 Å². The maximum absolute atomic E-state index is 14.3. The van der Waals surface area contributed by atoms with Gasteiger partial charge >= 0.3 is 6.03 Å². The van der Waals surface area contributed by atoms with Crippen LogP contribution >= 0.6 is 11.3 Å². The Hall–Kier alpha value is -2.73. The Bertz CT molecular complexity index is 1000. The van der Waals surface area contributed by atoms with Gasteiger partial charge in [0.1, 0.15) is 11.5 Å². The maximum atomic E-state index is 14.3. The van der Waals surface area contributed by atoms with E-state index in [2.05, 4.69) is 5.10 Å². The average molecular weight is 311 g/mol. The minimum atomic E-state index is -0.733. The van der Waals surface area contributed by atoms with Crippen molar-refractivity contribution in [2.45, 2.75) is 0 Å². The number of halogens is 1. The summed E-state index contributed by atoms with van der Waals surface area (Å²) in [5.41, 5.74) is 6.15. The fourth-order valence-electron chi connectivity index (χ4n) is 2.57. The predicted molar refractivity (Wildman–Crippen MR) is 85.5 cm³/mol. The predicted octanol–water partition coefficient (Wildman–Crippen LogP) is 3.98. The van der Waals surface area contributed by atoms with E-state index in [-0.39, 0.29) is 0 Å². The molecule has 2 N–H and O–H groups in total. The maximum Gasteiger partial charge on any atom is 0.340 e. The fraction of sp³-hybridized carbons (Fsp3) is 0. The number of rotatable bonds is 1. The Labute approximate surface area is 128 Å². The second-order valence-electron chi connectivity index (χ2n) is 4.88. The van der Waals surface area contributed by atoms with Gasteiger partial charge in [-0.25, -0.2) is 9.18 Å².